The fraction of sp³-hybridized carbons (Fsp3) is 0.200. The molecule has 2 aromatic carbocycles. The topological polar surface area (TPSA) is 0 Å². The van der Waals surface area contributed by atoms with Crippen LogP contribution in [0.1, 0.15) is 37.8 Å². The first-order chi connectivity index (χ1) is 10.6. The molecule has 0 bridgehead atoms. The predicted octanol–water partition coefficient (Wildman–Crippen LogP) is 7.25. The Labute approximate surface area is 149 Å². The summed E-state index contributed by atoms with van der Waals surface area (Å²) in [6.45, 7) is 4.49. The third-order valence-corrected chi connectivity index (χ3v) is 5.51. The molecule has 2 heteroatoms. The van der Waals surface area contributed by atoms with Gasteiger partial charge in [0.2, 0.25) is 0 Å². The summed E-state index contributed by atoms with van der Waals surface area (Å²) in [6, 6.07) is 17.2. The average molecular weight is 418 g/mol. The highest BCUT2D eigenvalue weighted by Gasteiger charge is 2.22. The summed E-state index contributed by atoms with van der Waals surface area (Å²) < 4.78 is 2.26. The van der Waals surface area contributed by atoms with E-state index in [9.17, 15) is 0 Å². The third kappa shape index (κ3) is 3.13. The van der Waals surface area contributed by atoms with Gasteiger partial charge in [0.05, 0.1) is 0 Å². The lowest BCUT2D eigenvalue weighted by Crippen LogP contribution is -2.08. The molecule has 2 aromatic rings. The van der Waals surface area contributed by atoms with Crippen LogP contribution < -0.4 is 0 Å². The minimum atomic E-state index is 1.13. The molecule has 0 aromatic heterocycles. The van der Waals surface area contributed by atoms with Crippen molar-refractivity contribution in [3.8, 4) is 0 Å². The SMILES string of the molecule is C/C(=C1\CC\C1=C(\C)c1ccc(Br)cc1)c1ccc(Br)cc1. The van der Waals surface area contributed by atoms with E-state index < -0.39 is 0 Å². The van der Waals surface area contributed by atoms with Gasteiger partial charge in [0.1, 0.15) is 0 Å². The Bertz CT molecular complexity index is 680. The van der Waals surface area contributed by atoms with Crippen molar-refractivity contribution >= 4 is 43.0 Å². The molecule has 0 saturated heterocycles. The largest absolute Gasteiger partial charge is 0.0536 e. The molecule has 3 rings (SSSR count). The van der Waals surface area contributed by atoms with Gasteiger partial charge in [-0.25, -0.2) is 0 Å². The second-order valence-corrected chi connectivity index (χ2v) is 7.55. The minimum Gasteiger partial charge on any atom is -0.0536 e. The van der Waals surface area contributed by atoms with Crippen molar-refractivity contribution in [2.24, 2.45) is 0 Å². The molecule has 1 aliphatic carbocycles. The van der Waals surface area contributed by atoms with Gasteiger partial charge in [-0.3, -0.25) is 0 Å². The van der Waals surface area contributed by atoms with E-state index in [1.807, 2.05) is 0 Å². The summed E-state index contributed by atoms with van der Waals surface area (Å²) in [5.41, 5.74) is 8.49. The van der Waals surface area contributed by atoms with Crippen LogP contribution in [0.25, 0.3) is 11.1 Å². The summed E-state index contributed by atoms with van der Waals surface area (Å²) in [4.78, 5) is 0. The Morgan fingerprint density at radius 1 is 0.636 bits per heavy atom. The number of hydrogen-bond acceptors (Lipinski definition) is 0. The minimum absolute atomic E-state index is 1.13. The van der Waals surface area contributed by atoms with Crippen molar-refractivity contribution in [2.75, 3.05) is 0 Å². The smallest absolute Gasteiger partial charge is 0.0175 e. The van der Waals surface area contributed by atoms with Gasteiger partial charge in [-0.15, -0.1) is 0 Å². The van der Waals surface area contributed by atoms with Gasteiger partial charge in [-0.1, -0.05) is 56.1 Å². The summed E-state index contributed by atoms with van der Waals surface area (Å²) in [5, 5.41) is 0. The van der Waals surface area contributed by atoms with Gasteiger partial charge in [-0.2, -0.15) is 0 Å². The van der Waals surface area contributed by atoms with Crippen molar-refractivity contribution in [3.63, 3.8) is 0 Å². The molecule has 112 valence electrons. The molecule has 0 radical (unpaired) electrons. The van der Waals surface area contributed by atoms with Gasteiger partial charge in [0.15, 0.2) is 0 Å². The Morgan fingerprint density at radius 2 is 0.955 bits per heavy atom. The Balaban J connectivity index is 1.98. The molecule has 0 amide bonds. The third-order valence-electron chi connectivity index (χ3n) is 4.45. The summed E-state index contributed by atoms with van der Waals surface area (Å²) in [5.74, 6) is 0. The fourth-order valence-corrected chi connectivity index (χ4v) is 3.48. The molecule has 1 saturated carbocycles. The van der Waals surface area contributed by atoms with Crippen LogP contribution in [-0.4, -0.2) is 0 Å². The maximum atomic E-state index is 3.50. The number of hydrogen-bond donors (Lipinski definition) is 0. The first-order valence-electron chi connectivity index (χ1n) is 7.48. The van der Waals surface area contributed by atoms with Crippen LogP contribution in [-0.2, 0) is 0 Å². The van der Waals surface area contributed by atoms with Crippen LogP contribution in [0.2, 0.25) is 0 Å². The van der Waals surface area contributed by atoms with Gasteiger partial charge in [-0.05, 0) is 84.4 Å². The molecular weight excluding hydrogens is 400 g/mol. The molecule has 1 fully saturated rings. The molecule has 22 heavy (non-hydrogen) atoms. The predicted molar refractivity (Wildman–Crippen MR) is 103 cm³/mol. The van der Waals surface area contributed by atoms with E-state index in [-0.39, 0.29) is 0 Å². The van der Waals surface area contributed by atoms with Crippen LogP contribution >= 0.6 is 31.9 Å². The fourth-order valence-electron chi connectivity index (χ4n) is 2.95. The van der Waals surface area contributed by atoms with Gasteiger partial charge < -0.3 is 0 Å². The second kappa shape index (κ2) is 6.55. The molecular formula is C20H18Br2. The van der Waals surface area contributed by atoms with Crippen LogP contribution in [0.5, 0.6) is 0 Å². The van der Waals surface area contributed by atoms with Crippen molar-refractivity contribution < 1.29 is 0 Å². The monoisotopic (exact) mass is 416 g/mol. The highest BCUT2D eigenvalue weighted by Crippen LogP contribution is 2.42. The molecule has 0 N–H and O–H groups in total. The highest BCUT2D eigenvalue weighted by atomic mass is 79.9. The standard InChI is InChI=1S/C20H18Br2/c1-13(15-3-7-17(21)8-4-15)19-11-12-20(19)14(2)16-5-9-18(22)10-6-16/h3-10H,11-12H2,1-2H3/b19-13-,20-14+. The Morgan fingerprint density at radius 3 is 1.23 bits per heavy atom. The number of allylic oxidation sites excluding steroid dienone is 4. The van der Waals surface area contributed by atoms with E-state index in [1.165, 1.54) is 46.3 Å². The van der Waals surface area contributed by atoms with Gasteiger partial charge in [0.25, 0.3) is 0 Å². The summed E-state index contributed by atoms with van der Waals surface area (Å²) >= 11 is 7.01. The first-order valence-corrected chi connectivity index (χ1v) is 9.06. The highest BCUT2D eigenvalue weighted by molar-refractivity contribution is 9.10. The van der Waals surface area contributed by atoms with Crippen molar-refractivity contribution in [1.82, 2.24) is 0 Å². The Kier molecular flexibility index (Phi) is 4.70. The zero-order chi connectivity index (χ0) is 15.7. The molecule has 0 nitrogen and oxygen atoms in total. The number of benzene rings is 2. The van der Waals surface area contributed by atoms with Gasteiger partial charge in [0, 0.05) is 8.95 Å². The molecule has 1 aliphatic rings. The lowest BCUT2D eigenvalue weighted by atomic mass is 9.77. The average Bonchev–Trinajstić information content (AvgIpc) is 2.47. The van der Waals surface area contributed by atoms with E-state index >= 15 is 0 Å². The maximum absolute atomic E-state index is 3.50. The maximum Gasteiger partial charge on any atom is 0.0175 e. The molecule has 0 aliphatic heterocycles. The van der Waals surface area contributed by atoms with E-state index in [0.717, 1.165) is 8.95 Å². The van der Waals surface area contributed by atoms with E-state index in [2.05, 4.69) is 94.2 Å². The van der Waals surface area contributed by atoms with Crippen molar-refractivity contribution in [2.45, 2.75) is 26.7 Å². The summed E-state index contributed by atoms with van der Waals surface area (Å²) in [6.07, 6.45) is 2.37. The van der Waals surface area contributed by atoms with Crippen LogP contribution in [0, 0.1) is 0 Å². The molecule has 0 spiro atoms. The van der Waals surface area contributed by atoms with Crippen molar-refractivity contribution in [1.29, 1.82) is 0 Å². The summed E-state index contributed by atoms with van der Waals surface area (Å²) in [7, 11) is 0. The zero-order valence-electron chi connectivity index (χ0n) is 12.8. The Hall–Kier alpha value is -1.12. The lowest BCUT2D eigenvalue weighted by molar-refractivity contribution is 0.828. The first kappa shape index (κ1) is 15.8. The van der Waals surface area contributed by atoms with Crippen LogP contribution in [0.3, 0.4) is 0 Å². The van der Waals surface area contributed by atoms with E-state index in [0.29, 0.717) is 0 Å². The van der Waals surface area contributed by atoms with Crippen LogP contribution in [0.4, 0.5) is 0 Å². The molecule has 0 heterocycles. The second-order valence-electron chi connectivity index (χ2n) is 5.72. The number of rotatable bonds is 2. The normalized spacial score (nSPS) is 18.7. The van der Waals surface area contributed by atoms with E-state index in [1.54, 1.807) is 0 Å². The van der Waals surface area contributed by atoms with E-state index in [4.69, 9.17) is 0 Å². The molecule has 0 unspecified atom stereocenters. The zero-order valence-corrected chi connectivity index (χ0v) is 16.0. The van der Waals surface area contributed by atoms with Crippen molar-refractivity contribution in [3.05, 3.63) is 79.7 Å². The molecule has 0 atom stereocenters. The van der Waals surface area contributed by atoms with Gasteiger partial charge >= 0.3 is 0 Å². The van der Waals surface area contributed by atoms with Crippen LogP contribution in [0.15, 0.2) is 68.6 Å². The lowest BCUT2D eigenvalue weighted by Gasteiger charge is -2.28. The quantitative estimate of drug-likeness (QED) is 0.482. The number of halogens is 2.